The maximum Gasteiger partial charge on any atom is 0.231 e. The van der Waals surface area contributed by atoms with Crippen LogP contribution in [0.2, 0.25) is 0 Å². The molecule has 0 atom stereocenters. The van der Waals surface area contributed by atoms with Crippen LogP contribution in [-0.4, -0.2) is 11.8 Å². The van der Waals surface area contributed by atoms with Crippen LogP contribution >= 0.6 is 11.8 Å². The van der Waals surface area contributed by atoms with Crippen molar-refractivity contribution in [3.8, 4) is 11.5 Å². The van der Waals surface area contributed by atoms with Crippen molar-refractivity contribution in [2.24, 2.45) is 0 Å². The molecule has 1 aliphatic heterocycles. The van der Waals surface area contributed by atoms with E-state index in [1.165, 1.54) is 5.56 Å². The molecule has 0 bridgehead atoms. The Morgan fingerprint density at radius 3 is 2.89 bits per heavy atom. The third-order valence-corrected chi connectivity index (χ3v) is 3.60. The number of pyridine rings is 1. The smallest absolute Gasteiger partial charge is 0.231 e. The van der Waals surface area contributed by atoms with Crippen LogP contribution < -0.4 is 15.2 Å². The molecule has 1 aliphatic rings. The molecule has 3 rings (SSSR count). The van der Waals surface area contributed by atoms with Crippen molar-refractivity contribution in [2.75, 3.05) is 12.5 Å². The predicted octanol–water partition coefficient (Wildman–Crippen LogP) is 2.68. The fourth-order valence-electron chi connectivity index (χ4n) is 1.67. The number of aromatic nitrogens is 1. The molecule has 0 unspecified atom stereocenters. The van der Waals surface area contributed by atoms with Gasteiger partial charge in [-0.25, -0.2) is 4.98 Å². The second-order valence-electron chi connectivity index (χ2n) is 3.91. The fourth-order valence-corrected chi connectivity index (χ4v) is 2.45. The number of nitrogens with two attached hydrogens (primary N) is 1. The number of fused-ring (bicyclic) bond motifs is 1. The number of benzene rings is 1. The van der Waals surface area contributed by atoms with Gasteiger partial charge in [0.1, 0.15) is 0 Å². The number of rotatable bonds is 3. The van der Waals surface area contributed by atoms with Crippen LogP contribution in [0, 0.1) is 0 Å². The van der Waals surface area contributed by atoms with E-state index >= 15 is 0 Å². The number of nitrogens with zero attached hydrogens (tertiary/aromatic N) is 1. The molecule has 5 heteroatoms. The Kier molecular flexibility index (Phi) is 2.98. The van der Waals surface area contributed by atoms with Gasteiger partial charge < -0.3 is 15.2 Å². The van der Waals surface area contributed by atoms with Gasteiger partial charge in [-0.2, -0.15) is 0 Å². The highest BCUT2D eigenvalue weighted by Crippen LogP contribution is 2.34. The first-order valence-electron chi connectivity index (χ1n) is 5.54. The van der Waals surface area contributed by atoms with E-state index in [0.717, 1.165) is 22.3 Å². The second-order valence-corrected chi connectivity index (χ2v) is 4.90. The molecule has 0 radical (unpaired) electrons. The van der Waals surface area contributed by atoms with Gasteiger partial charge in [-0.3, -0.25) is 0 Å². The molecule has 2 heterocycles. The molecule has 1 aromatic carbocycles. The van der Waals surface area contributed by atoms with Crippen LogP contribution in [0.5, 0.6) is 11.5 Å². The number of hydrogen-bond acceptors (Lipinski definition) is 5. The van der Waals surface area contributed by atoms with E-state index in [1.54, 1.807) is 18.0 Å². The van der Waals surface area contributed by atoms with Crippen LogP contribution in [-0.2, 0) is 5.75 Å². The first-order valence-corrected chi connectivity index (χ1v) is 6.53. The minimum Gasteiger partial charge on any atom is -0.454 e. The maximum atomic E-state index is 5.59. The van der Waals surface area contributed by atoms with Crippen molar-refractivity contribution in [3.05, 3.63) is 42.1 Å². The van der Waals surface area contributed by atoms with E-state index in [4.69, 9.17) is 15.2 Å². The summed E-state index contributed by atoms with van der Waals surface area (Å²) >= 11 is 1.66. The van der Waals surface area contributed by atoms with Crippen molar-refractivity contribution in [1.82, 2.24) is 4.98 Å². The predicted molar refractivity (Wildman–Crippen MR) is 70.8 cm³/mol. The second kappa shape index (κ2) is 4.78. The molecule has 0 fully saturated rings. The lowest BCUT2D eigenvalue weighted by molar-refractivity contribution is 0.174. The summed E-state index contributed by atoms with van der Waals surface area (Å²) in [7, 11) is 0. The number of nitrogen functional groups attached to an aromatic ring is 1. The molecule has 18 heavy (non-hydrogen) atoms. The van der Waals surface area contributed by atoms with E-state index < -0.39 is 0 Å². The molecule has 0 spiro atoms. The van der Waals surface area contributed by atoms with Gasteiger partial charge in [0, 0.05) is 5.75 Å². The van der Waals surface area contributed by atoms with Gasteiger partial charge >= 0.3 is 0 Å². The molecule has 4 nitrogen and oxygen atoms in total. The van der Waals surface area contributed by atoms with Gasteiger partial charge in [0.25, 0.3) is 0 Å². The van der Waals surface area contributed by atoms with Gasteiger partial charge in [-0.1, -0.05) is 6.07 Å². The van der Waals surface area contributed by atoms with E-state index in [1.807, 2.05) is 30.3 Å². The Bertz CT molecular complexity index is 557. The van der Waals surface area contributed by atoms with Crippen molar-refractivity contribution < 1.29 is 9.47 Å². The van der Waals surface area contributed by atoms with Gasteiger partial charge in [0.2, 0.25) is 6.79 Å². The summed E-state index contributed by atoms with van der Waals surface area (Å²) in [6.07, 6.45) is 1.67. The largest absolute Gasteiger partial charge is 0.454 e. The van der Waals surface area contributed by atoms with Crippen LogP contribution in [0.15, 0.2) is 41.6 Å². The molecule has 0 saturated carbocycles. The lowest BCUT2D eigenvalue weighted by Crippen LogP contribution is -1.92. The fraction of sp³-hybridized carbons (Fsp3) is 0.154. The minimum atomic E-state index is 0.311. The summed E-state index contributed by atoms with van der Waals surface area (Å²) in [6, 6.07) is 9.76. The van der Waals surface area contributed by atoms with Gasteiger partial charge in [0.05, 0.1) is 16.9 Å². The summed E-state index contributed by atoms with van der Waals surface area (Å²) in [4.78, 5) is 4.25. The molecule has 1 aromatic heterocycles. The lowest BCUT2D eigenvalue weighted by Gasteiger charge is -2.03. The summed E-state index contributed by atoms with van der Waals surface area (Å²) in [5.74, 6) is 2.47. The Balaban J connectivity index is 1.68. The van der Waals surface area contributed by atoms with Gasteiger partial charge in [-0.15, -0.1) is 11.8 Å². The summed E-state index contributed by atoms with van der Waals surface area (Å²) < 4.78 is 10.6. The molecular weight excluding hydrogens is 248 g/mol. The quantitative estimate of drug-likeness (QED) is 0.860. The zero-order chi connectivity index (χ0) is 12.4. The highest BCUT2D eigenvalue weighted by Gasteiger charge is 2.13. The number of ether oxygens (including phenoxy) is 2. The Labute approximate surface area is 109 Å². The van der Waals surface area contributed by atoms with E-state index in [-0.39, 0.29) is 0 Å². The highest BCUT2D eigenvalue weighted by molar-refractivity contribution is 7.98. The molecular formula is C13H12N2O2S. The summed E-state index contributed by atoms with van der Waals surface area (Å²) in [5.41, 5.74) is 7.46. The molecule has 2 aromatic rings. The maximum absolute atomic E-state index is 5.59. The van der Waals surface area contributed by atoms with Crippen molar-refractivity contribution >= 4 is 17.4 Å². The molecule has 0 amide bonds. The normalized spacial score (nSPS) is 12.7. The van der Waals surface area contributed by atoms with Crippen LogP contribution in [0.4, 0.5) is 5.69 Å². The summed E-state index contributed by atoms with van der Waals surface area (Å²) in [6.45, 7) is 0.311. The zero-order valence-corrected chi connectivity index (χ0v) is 10.4. The Hall–Kier alpha value is -1.88. The van der Waals surface area contributed by atoms with Gasteiger partial charge in [0.15, 0.2) is 11.5 Å². The topological polar surface area (TPSA) is 57.4 Å². The van der Waals surface area contributed by atoms with Crippen LogP contribution in [0.3, 0.4) is 0 Å². The van der Waals surface area contributed by atoms with Crippen molar-refractivity contribution in [1.29, 1.82) is 0 Å². The molecule has 2 N–H and O–H groups in total. The Morgan fingerprint density at radius 1 is 1.17 bits per heavy atom. The van der Waals surface area contributed by atoms with E-state index in [2.05, 4.69) is 4.98 Å². The number of anilines is 1. The highest BCUT2D eigenvalue weighted by atomic mass is 32.2. The average molecular weight is 260 g/mol. The van der Waals surface area contributed by atoms with Gasteiger partial charge in [-0.05, 0) is 29.8 Å². The van der Waals surface area contributed by atoms with Crippen LogP contribution in [0.25, 0.3) is 0 Å². The monoisotopic (exact) mass is 260 g/mol. The number of hydrogen-bond donors (Lipinski definition) is 1. The standard InChI is InChI=1S/C13H12N2O2S/c14-10-2-4-13(15-6-10)18-7-9-1-3-11-12(5-9)17-8-16-11/h1-6H,7-8,14H2. The van der Waals surface area contributed by atoms with Crippen molar-refractivity contribution in [2.45, 2.75) is 10.8 Å². The minimum absolute atomic E-state index is 0.311. The third-order valence-electron chi connectivity index (χ3n) is 2.58. The third kappa shape index (κ3) is 2.36. The average Bonchev–Trinajstić information content (AvgIpc) is 2.85. The number of thioether (sulfide) groups is 1. The SMILES string of the molecule is Nc1ccc(SCc2ccc3c(c2)OCO3)nc1. The molecule has 92 valence electrons. The molecule has 0 saturated heterocycles. The zero-order valence-electron chi connectivity index (χ0n) is 9.63. The van der Waals surface area contributed by atoms with E-state index in [9.17, 15) is 0 Å². The van der Waals surface area contributed by atoms with Crippen LogP contribution in [0.1, 0.15) is 5.56 Å². The molecule has 0 aliphatic carbocycles. The lowest BCUT2D eigenvalue weighted by atomic mass is 10.2. The first-order chi connectivity index (χ1) is 8.81. The summed E-state index contributed by atoms with van der Waals surface area (Å²) in [5, 5.41) is 0.960. The Morgan fingerprint density at radius 2 is 2.06 bits per heavy atom. The van der Waals surface area contributed by atoms with Crippen molar-refractivity contribution in [3.63, 3.8) is 0 Å². The van der Waals surface area contributed by atoms with E-state index in [0.29, 0.717) is 12.5 Å². The first kappa shape index (κ1) is 11.2.